The molecule has 0 aliphatic rings. The maximum atomic E-state index is 5.62. The summed E-state index contributed by atoms with van der Waals surface area (Å²) in [5.74, 6) is 0.687. The molecule has 0 spiro atoms. The van der Waals surface area contributed by atoms with Gasteiger partial charge >= 0.3 is 0 Å². The number of ether oxygens (including phenoxy) is 2. The van der Waals surface area contributed by atoms with Crippen LogP contribution < -0.4 is 0 Å². The Kier molecular flexibility index (Phi) is 3.54. The Morgan fingerprint density at radius 3 is 2.69 bits per heavy atom. The van der Waals surface area contributed by atoms with Gasteiger partial charge in [-0.05, 0) is 26.0 Å². The third kappa shape index (κ3) is 2.23. The molecule has 0 bridgehead atoms. The van der Waals surface area contributed by atoms with E-state index >= 15 is 0 Å². The SMILES string of the molecule is CCOC(OCC)c1cc2ccncc2o1. The van der Waals surface area contributed by atoms with Crippen LogP contribution in [0.15, 0.2) is 28.9 Å². The fourth-order valence-corrected chi connectivity index (χ4v) is 1.54. The molecule has 0 N–H and O–H groups in total. The third-order valence-electron chi connectivity index (χ3n) is 2.21. The summed E-state index contributed by atoms with van der Waals surface area (Å²) < 4.78 is 16.5. The van der Waals surface area contributed by atoms with E-state index in [1.807, 2.05) is 26.0 Å². The second-order valence-electron chi connectivity index (χ2n) is 3.30. The zero-order chi connectivity index (χ0) is 11.4. The summed E-state index contributed by atoms with van der Waals surface area (Å²) in [6, 6.07) is 3.82. The van der Waals surface area contributed by atoms with Crippen molar-refractivity contribution >= 4 is 11.0 Å². The van der Waals surface area contributed by atoms with E-state index in [-0.39, 0.29) is 0 Å². The van der Waals surface area contributed by atoms with E-state index in [2.05, 4.69) is 4.98 Å². The average Bonchev–Trinajstić information content (AvgIpc) is 2.72. The van der Waals surface area contributed by atoms with Crippen molar-refractivity contribution in [3.05, 3.63) is 30.3 Å². The van der Waals surface area contributed by atoms with Gasteiger partial charge in [0.1, 0.15) is 0 Å². The summed E-state index contributed by atoms with van der Waals surface area (Å²) in [5, 5.41) is 1.01. The minimum absolute atomic E-state index is 0.428. The highest BCUT2D eigenvalue weighted by molar-refractivity contribution is 5.76. The highest BCUT2D eigenvalue weighted by atomic mass is 16.7. The van der Waals surface area contributed by atoms with E-state index in [4.69, 9.17) is 13.9 Å². The number of hydrogen-bond donors (Lipinski definition) is 0. The smallest absolute Gasteiger partial charge is 0.217 e. The van der Waals surface area contributed by atoms with Crippen molar-refractivity contribution < 1.29 is 13.9 Å². The molecule has 0 saturated carbocycles. The Balaban J connectivity index is 2.29. The molecule has 4 nitrogen and oxygen atoms in total. The number of furan rings is 1. The van der Waals surface area contributed by atoms with Crippen molar-refractivity contribution in [3.63, 3.8) is 0 Å². The first-order valence-corrected chi connectivity index (χ1v) is 5.41. The predicted octanol–water partition coefficient (Wildman–Crippen LogP) is 2.90. The van der Waals surface area contributed by atoms with Crippen molar-refractivity contribution in [1.29, 1.82) is 0 Å². The monoisotopic (exact) mass is 221 g/mol. The molecule has 16 heavy (non-hydrogen) atoms. The molecule has 4 heteroatoms. The highest BCUT2D eigenvalue weighted by Gasteiger charge is 2.16. The van der Waals surface area contributed by atoms with Gasteiger partial charge in [0, 0.05) is 24.8 Å². The van der Waals surface area contributed by atoms with Gasteiger partial charge in [-0.3, -0.25) is 4.98 Å². The number of rotatable bonds is 5. The van der Waals surface area contributed by atoms with Gasteiger partial charge in [-0.25, -0.2) is 0 Å². The molecule has 0 atom stereocenters. The summed E-state index contributed by atoms with van der Waals surface area (Å²) >= 11 is 0. The Labute approximate surface area is 94.2 Å². The predicted molar refractivity (Wildman–Crippen MR) is 60.0 cm³/mol. The maximum Gasteiger partial charge on any atom is 0.217 e. The van der Waals surface area contributed by atoms with Crippen molar-refractivity contribution in [3.8, 4) is 0 Å². The highest BCUT2D eigenvalue weighted by Crippen LogP contribution is 2.26. The lowest BCUT2D eigenvalue weighted by molar-refractivity contribution is -0.150. The van der Waals surface area contributed by atoms with Gasteiger partial charge in [0.15, 0.2) is 11.3 Å². The first-order valence-electron chi connectivity index (χ1n) is 5.41. The zero-order valence-corrected chi connectivity index (χ0v) is 9.47. The summed E-state index contributed by atoms with van der Waals surface area (Å²) in [7, 11) is 0. The number of aromatic nitrogens is 1. The van der Waals surface area contributed by atoms with Gasteiger partial charge in [-0.1, -0.05) is 0 Å². The molecule has 86 valence electrons. The van der Waals surface area contributed by atoms with E-state index in [0.29, 0.717) is 19.0 Å². The van der Waals surface area contributed by atoms with Crippen LogP contribution in [0.5, 0.6) is 0 Å². The van der Waals surface area contributed by atoms with E-state index in [1.54, 1.807) is 12.4 Å². The Morgan fingerprint density at radius 2 is 2.06 bits per heavy atom. The van der Waals surface area contributed by atoms with E-state index in [0.717, 1.165) is 11.0 Å². The zero-order valence-electron chi connectivity index (χ0n) is 9.47. The minimum atomic E-state index is -0.428. The van der Waals surface area contributed by atoms with Crippen LogP contribution in [-0.4, -0.2) is 18.2 Å². The van der Waals surface area contributed by atoms with Gasteiger partial charge in [0.25, 0.3) is 0 Å². The molecular weight excluding hydrogens is 206 g/mol. The van der Waals surface area contributed by atoms with Gasteiger partial charge in [-0.15, -0.1) is 0 Å². The van der Waals surface area contributed by atoms with Gasteiger partial charge < -0.3 is 13.9 Å². The summed E-state index contributed by atoms with van der Waals surface area (Å²) in [5.41, 5.74) is 0.752. The molecule has 0 aliphatic carbocycles. The largest absolute Gasteiger partial charge is 0.454 e. The third-order valence-corrected chi connectivity index (χ3v) is 2.21. The minimum Gasteiger partial charge on any atom is -0.454 e. The number of nitrogens with zero attached hydrogens (tertiary/aromatic N) is 1. The molecule has 0 aromatic carbocycles. The van der Waals surface area contributed by atoms with E-state index in [9.17, 15) is 0 Å². The second kappa shape index (κ2) is 5.09. The van der Waals surface area contributed by atoms with Crippen LogP contribution in [0.1, 0.15) is 25.9 Å². The molecule has 2 heterocycles. The van der Waals surface area contributed by atoms with E-state index in [1.165, 1.54) is 0 Å². The topological polar surface area (TPSA) is 44.5 Å². The maximum absolute atomic E-state index is 5.62. The standard InChI is InChI=1S/C12H15NO3/c1-3-14-12(15-4-2)10-7-9-5-6-13-8-11(9)16-10/h5-8,12H,3-4H2,1-2H3. The number of pyridine rings is 1. The molecular formula is C12H15NO3. The van der Waals surface area contributed by atoms with Crippen molar-refractivity contribution in [2.24, 2.45) is 0 Å². The number of hydrogen-bond acceptors (Lipinski definition) is 4. The van der Waals surface area contributed by atoms with Crippen molar-refractivity contribution in [2.45, 2.75) is 20.1 Å². The lowest BCUT2D eigenvalue weighted by Gasteiger charge is -2.13. The normalized spacial score (nSPS) is 11.4. The van der Waals surface area contributed by atoms with Gasteiger partial charge in [0.05, 0.1) is 6.20 Å². The van der Waals surface area contributed by atoms with Crippen LogP contribution in [0.2, 0.25) is 0 Å². The molecule has 0 saturated heterocycles. The Hall–Kier alpha value is -1.39. The molecule has 2 aromatic rings. The summed E-state index contributed by atoms with van der Waals surface area (Å²) in [6.45, 7) is 5.02. The van der Waals surface area contributed by atoms with Crippen LogP contribution in [0.4, 0.5) is 0 Å². The molecule has 0 amide bonds. The fourth-order valence-electron chi connectivity index (χ4n) is 1.54. The van der Waals surface area contributed by atoms with Crippen LogP contribution in [-0.2, 0) is 9.47 Å². The quantitative estimate of drug-likeness (QED) is 0.728. The van der Waals surface area contributed by atoms with Gasteiger partial charge in [0.2, 0.25) is 6.29 Å². The first kappa shape index (κ1) is 11.1. The molecule has 2 rings (SSSR count). The first-order chi connectivity index (χ1) is 7.85. The second-order valence-corrected chi connectivity index (χ2v) is 3.30. The lowest BCUT2D eigenvalue weighted by Crippen LogP contribution is -2.07. The lowest BCUT2D eigenvalue weighted by atomic mass is 10.3. The Bertz CT molecular complexity index is 413. The number of fused-ring (bicyclic) bond motifs is 1. The average molecular weight is 221 g/mol. The Morgan fingerprint density at radius 1 is 1.31 bits per heavy atom. The summed E-state index contributed by atoms with van der Waals surface area (Å²) in [6.07, 6.45) is 2.99. The molecule has 2 aromatic heterocycles. The van der Waals surface area contributed by atoms with Crippen LogP contribution in [0.25, 0.3) is 11.0 Å². The molecule has 0 fully saturated rings. The van der Waals surface area contributed by atoms with Gasteiger partial charge in [-0.2, -0.15) is 0 Å². The molecule has 0 radical (unpaired) electrons. The van der Waals surface area contributed by atoms with Crippen molar-refractivity contribution in [2.75, 3.05) is 13.2 Å². The van der Waals surface area contributed by atoms with Crippen LogP contribution in [0, 0.1) is 0 Å². The molecule has 0 aliphatic heterocycles. The fraction of sp³-hybridized carbons (Fsp3) is 0.417. The van der Waals surface area contributed by atoms with Crippen molar-refractivity contribution in [1.82, 2.24) is 4.98 Å². The van der Waals surface area contributed by atoms with E-state index < -0.39 is 6.29 Å². The van der Waals surface area contributed by atoms with Crippen LogP contribution >= 0.6 is 0 Å². The molecule has 0 unspecified atom stereocenters. The summed E-state index contributed by atoms with van der Waals surface area (Å²) in [4.78, 5) is 4.00. The van der Waals surface area contributed by atoms with Crippen LogP contribution in [0.3, 0.4) is 0 Å².